The molecule has 0 amide bonds. The highest BCUT2D eigenvalue weighted by Gasteiger charge is 2.23. The van der Waals surface area contributed by atoms with E-state index >= 15 is 0 Å². The van der Waals surface area contributed by atoms with Gasteiger partial charge in [0.25, 0.3) is 0 Å². The lowest BCUT2D eigenvalue weighted by molar-refractivity contribution is 0.303. The molecule has 17 heavy (non-hydrogen) atoms. The van der Waals surface area contributed by atoms with Gasteiger partial charge in [0.2, 0.25) is 0 Å². The number of ether oxygens (including phenoxy) is 1. The molecular formula is C14H13NO2. The van der Waals surface area contributed by atoms with E-state index in [0.717, 1.165) is 29.7 Å². The fourth-order valence-electron chi connectivity index (χ4n) is 1.69. The van der Waals surface area contributed by atoms with E-state index in [2.05, 4.69) is 4.98 Å². The van der Waals surface area contributed by atoms with Crippen molar-refractivity contribution in [3.8, 4) is 22.6 Å². The molecule has 2 aromatic rings. The van der Waals surface area contributed by atoms with Crippen LogP contribution in [0.5, 0.6) is 11.5 Å². The van der Waals surface area contributed by atoms with Crippen molar-refractivity contribution in [2.45, 2.75) is 18.9 Å². The maximum atomic E-state index is 9.37. The lowest BCUT2D eigenvalue weighted by atomic mass is 10.1. The van der Waals surface area contributed by atoms with E-state index in [9.17, 15) is 5.11 Å². The number of hydrogen-bond donors (Lipinski definition) is 1. The monoisotopic (exact) mass is 227 g/mol. The molecule has 1 aliphatic rings. The molecule has 1 fully saturated rings. The van der Waals surface area contributed by atoms with Crippen molar-refractivity contribution in [1.29, 1.82) is 0 Å². The molecule has 0 radical (unpaired) electrons. The molecule has 0 spiro atoms. The van der Waals surface area contributed by atoms with Gasteiger partial charge >= 0.3 is 0 Å². The smallest absolute Gasteiger partial charge is 0.134 e. The molecular weight excluding hydrogens is 214 g/mol. The number of aromatic nitrogens is 1. The quantitative estimate of drug-likeness (QED) is 0.876. The van der Waals surface area contributed by atoms with Gasteiger partial charge in [-0.15, -0.1) is 0 Å². The second-order valence-electron chi connectivity index (χ2n) is 4.27. The summed E-state index contributed by atoms with van der Waals surface area (Å²) in [5, 5.41) is 9.37. The van der Waals surface area contributed by atoms with E-state index < -0.39 is 0 Å². The summed E-state index contributed by atoms with van der Waals surface area (Å²) in [7, 11) is 0. The van der Waals surface area contributed by atoms with Crippen molar-refractivity contribution in [2.75, 3.05) is 0 Å². The third-order valence-corrected chi connectivity index (χ3v) is 2.74. The molecule has 1 aromatic carbocycles. The summed E-state index contributed by atoms with van der Waals surface area (Å²) >= 11 is 0. The van der Waals surface area contributed by atoms with Gasteiger partial charge in [-0.05, 0) is 36.6 Å². The van der Waals surface area contributed by atoms with Crippen LogP contribution in [0.3, 0.4) is 0 Å². The largest absolute Gasteiger partial charge is 0.506 e. The third kappa shape index (κ3) is 2.38. The van der Waals surface area contributed by atoms with E-state index in [1.165, 1.54) is 6.20 Å². The lowest BCUT2D eigenvalue weighted by Crippen LogP contribution is -1.95. The number of pyridine rings is 1. The number of nitrogens with zero attached hydrogens (tertiary/aromatic N) is 1. The first-order valence-electron chi connectivity index (χ1n) is 5.72. The van der Waals surface area contributed by atoms with Crippen LogP contribution in [-0.4, -0.2) is 16.2 Å². The summed E-state index contributed by atoms with van der Waals surface area (Å²) in [6.45, 7) is 0. The summed E-state index contributed by atoms with van der Waals surface area (Å²) in [5.74, 6) is 1.09. The van der Waals surface area contributed by atoms with Crippen LogP contribution < -0.4 is 4.74 Å². The van der Waals surface area contributed by atoms with Crippen molar-refractivity contribution in [1.82, 2.24) is 4.98 Å². The normalized spacial score (nSPS) is 14.6. The van der Waals surface area contributed by atoms with Gasteiger partial charge in [-0.3, -0.25) is 4.98 Å². The molecule has 3 rings (SSSR count). The molecule has 1 heterocycles. The van der Waals surface area contributed by atoms with E-state index in [-0.39, 0.29) is 5.75 Å². The zero-order valence-corrected chi connectivity index (χ0v) is 9.34. The predicted molar refractivity (Wildman–Crippen MR) is 65.0 cm³/mol. The van der Waals surface area contributed by atoms with Gasteiger partial charge in [-0.1, -0.05) is 12.1 Å². The third-order valence-electron chi connectivity index (χ3n) is 2.74. The second-order valence-corrected chi connectivity index (χ2v) is 4.27. The van der Waals surface area contributed by atoms with Crippen LogP contribution in [0, 0.1) is 0 Å². The average Bonchev–Trinajstić information content (AvgIpc) is 3.14. The SMILES string of the molecule is Oc1cncc(-c2ccc(OC3CC3)cc2)c1. The summed E-state index contributed by atoms with van der Waals surface area (Å²) in [6.07, 6.45) is 5.91. The van der Waals surface area contributed by atoms with Crippen LogP contribution in [0.25, 0.3) is 11.1 Å². The Kier molecular flexibility index (Phi) is 2.44. The minimum atomic E-state index is 0.181. The van der Waals surface area contributed by atoms with Crippen LogP contribution in [0.4, 0.5) is 0 Å². The summed E-state index contributed by atoms with van der Waals surface area (Å²) in [4.78, 5) is 3.96. The molecule has 0 atom stereocenters. The van der Waals surface area contributed by atoms with E-state index in [0.29, 0.717) is 6.10 Å². The molecule has 1 N–H and O–H groups in total. The first-order valence-corrected chi connectivity index (χ1v) is 5.72. The van der Waals surface area contributed by atoms with Gasteiger partial charge in [-0.25, -0.2) is 0 Å². The molecule has 0 unspecified atom stereocenters. The Morgan fingerprint density at radius 3 is 2.47 bits per heavy atom. The van der Waals surface area contributed by atoms with Crippen molar-refractivity contribution >= 4 is 0 Å². The van der Waals surface area contributed by atoms with Gasteiger partial charge in [-0.2, -0.15) is 0 Å². The topological polar surface area (TPSA) is 42.4 Å². The molecule has 1 saturated carbocycles. The molecule has 0 aliphatic heterocycles. The number of rotatable bonds is 3. The fraction of sp³-hybridized carbons (Fsp3) is 0.214. The number of hydrogen-bond acceptors (Lipinski definition) is 3. The second kappa shape index (κ2) is 4.09. The van der Waals surface area contributed by atoms with E-state index in [4.69, 9.17) is 4.74 Å². The highest BCUT2D eigenvalue weighted by Crippen LogP contribution is 2.29. The van der Waals surface area contributed by atoms with Gasteiger partial charge < -0.3 is 9.84 Å². The summed E-state index contributed by atoms with van der Waals surface area (Å²) in [6, 6.07) is 9.57. The maximum Gasteiger partial charge on any atom is 0.134 e. The van der Waals surface area contributed by atoms with Crippen LogP contribution in [0.2, 0.25) is 0 Å². The van der Waals surface area contributed by atoms with E-state index in [1.54, 1.807) is 12.3 Å². The Hall–Kier alpha value is -2.03. The highest BCUT2D eigenvalue weighted by atomic mass is 16.5. The number of benzene rings is 1. The molecule has 1 aromatic heterocycles. The minimum absolute atomic E-state index is 0.181. The Morgan fingerprint density at radius 2 is 1.82 bits per heavy atom. The molecule has 0 saturated heterocycles. The molecule has 1 aliphatic carbocycles. The van der Waals surface area contributed by atoms with E-state index in [1.807, 2.05) is 24.3 Å². The minimum Gasteiger partial charge on any atom is -0.506 e. The maximum absolute atomic E-state index is 9.37. The van der Waals surface area contributed by atoms with Gasteiger partial charge in [0, 0.05) is 11.8 Å². The summed E-state index contributed by atoms with van der Waals surface area (Å²) < 4.78 is 5.67. The molecule has 86 valence electrons. The van der Waals surface area contributed by atoms with Gasteiger partial charge in [0.05, 0.1) is 12.3 Å². The van der Waals surface area contributed by atoms with Gasteiger partial charge in [0.15, 0.2) is 0 Å². The van der Waals surface area contributed by atoms with Crippen LogP contribution in [0.15, 0.2) is 42.7 Å². The van der Waals surface area contributed by atoms with Crippen LogP contribution in [0.1, 0.15) is 12.8 Å². The van der Waals surface area contributed by atoms with Crippen molar-refractivity contribution in [2.24, 2.45) is 0 Å². The zero-order chi connectivity index (χ0) is 11.7. The Balaban J connectivity index is 1.83. The van der Waals surface area contributed by atoms with Crippen molar-refractivity contribution < 1.29 is 9.84 Å². The van der Waals surface area contributed by atoms with Crippen molar-refractivity contribution in [3.05, 3.63) is 42.7 Å². The Morgan fingerprint density at radius 1 is 1.06 bits per heavy atom. The molecule has 3 heteroatoms. The first kappa shape index (κ1) is 10.1. The first-order chi connectivity index (χ1) is 8.31. The zero-order valence-electron chi connectivity index (χ0n) is 9.34. The van der Waals surface area contributed by atoms with Gasteiger partial charge in [0.1, 0.15) is 11.5 Å². The fourth-order valence-corrected chi connectivity index (χ4v) is 1.69. The number of aromatic hydroxyl groups is 1. The lowest BCUT2D eigenvalue weighted by Gasteiger charge is -2.06. The Bertz CT molecular complexity index is 518. The van der Waals surface area contributed by atoms with Crippen molar-refractivity contribution in [3.63, 3.8) is 0 Å². The standard InChI is InChI=1S/C14H13NO2/c16-12-7-11(8-15-9-12)10-1-3-13(4-2-10)17-14-5-6-14/h1-4,7-9,14,16H,5-6H2. The van der Waals surface area contributed by atoms with Crippen LogP contribution in [-0.2, 0) is 0 Å². The molecule has 0 bridgehead atoms. The average molecular weight is 227 g/mol. The predicted octanol–water partition coefficient (Wildman–Crippen LogP) is 3.00. The van der Waals surface area contributed by atoms with Crippen LogP contribution >= 0.6 is 0 Å². The Labute approximate surface area is 99.7 Å². The molecule has 3 nitrogen and oxygen atoms in total. The summed E-state index contributed by atoms with van der Waals surface area (Å²) in [5.41, 5.74) is 1.93. The highest BCUT2D eigenvalue weighted by molar-refractivity contribution is 5.64.